The number of para-hydroxylation sites is 2. The van der Waals surface area contributed by atoms with Crippen molar-refractivity contribution < 1.29 is 4.74 Å². The van der Waals surface area contributed by atoms with E-state index in [0.29, 0.717) is 5.95 Å². The van der Waals surface area contributed by atoms with Gasteiger partial charge in [-0.1, -0.05) is 106 Å². The Morgan fingerprint density at radius 3 is 2.17 bits per heavy atom. The summed E-state index contributed by atoms with van der Waals surface area (Å²) in [6.45, 7) is 8.13. The van der Waals surface area contributed by atoms with Crippen LogP contribution in [0.3, 0.4) is 0 Å². The molecule has 0 fully saturated rings. The van der Waals surface area contributed by atoms with Gasteiger partial charge in [-0.2, -0.15) is 0 Å². The van der Waals surface area contributed by atoms with Crippen molar-refractivity contribution in [3.8, 4) is 28.6 Å². The van der Waals surface area contributed by atoms with Crippen molar-refractivity contribution in [2.24, 2.45) is 0 Å². The second kappa shape index (κ2) is 12.7. The minimum atomic E-state index is -0.120. The first-order valence-corrected chi connectivity index (χ1v) is 17.8. The van der Waals surface area contributed by atoms with Crippen molar-refractivity contribution in [1.29, 1.82) is 0 Å². The van der Waals surface area contributed by atoms with E-state index in [1.165, 1.54) is 28.1 Å². The van der Waals surface area contributed by atoms with Gasteiger partial charge in [-0.3, -0.25) is 4.57 Å². The Bertz CT molecular complexity index is 2550. The van der Waals surface area contributed by atoms with E-state index in [4.69, 9.17) is 14.7 Å². The van der Waals surface area contributed by atoms with E-state index >= 15 is 0 Å². The van der Waals surface area contributed by atoms with Gasteiger partial charge in [0.1, 0.15) is 11.5 Å². The second-order valence-corrected chi connectivity index (χ2v) is 14.4. The first-order chi connectivity index (χ1) is 25.4. The van der Waals surface area contributed by atoms with E-state index in [0.717, 1.165) is 57.9 Å². The fourth-order valence-corrected chi connectivity index (χ4v) is 7.26. The Morgan fingerprint density at radius 2 is 1.37 bits per heavy atom. The van der Waals surface area contributed by atoms with Gasteiger partial charge in [-0.15, -0.1) is 0 Å². The Labute approximate surface area is 304 Å². The molecule has 0 amide bonds. The molecule has 3 heterocycles. The molecule has 0 bridgehead atoms. The highest BCUT2D eigenvalue weighted by molar-refractivity contribution is 6.10. The van der Waals surface area contributed by atoms with Gasteiger partial charge >= 0.3 is 0 Å². The zero-order valence-corrected chi connectivity index (χ0v) is 29.6. The molecule has 1 aliphatic heterocycles. The number of aromatic nitrogens is 3. The molecule has 0 N–H and O–H groups in total. The zero-order valence-electron chi connectivity index (χ0n) is 29.6. The highest BCUT2D eigenvalue weighted by Crippen LogP contribution is 2.43. The van der Waals surface area contributed by atoms with Crippen LogP contribution in [-0.2, 0) is 12.0 Å². The Morgan fingerprint density at radius 1 is 0.615 bits per heavy atom. The number of ether oxygens (including phenoxy) is 1. The lowest BCUT2D eigenvalue weighted by Gasteiger charge is -2.22. The number of hydrogen-bond donors (Lipinski definition) is 0. The lowest BCUT2D eigenvalue weighted by atomic mass is 9.92. The lowest BCUT2D eigenvalue weighted by Crippen LogP contribution is -2.27. The first kappa shape index (κ1) is 31.6. The summed E-state index contributed by atoms with van der Waals surface area (Å²) in [6, 6.07) is 53.1. The summed E-state index contributed by atoms with van der Waals surface area (Å²) in [5.41, 5.74) is 10.0. The molecule has 0 saturated heterocycles. The van der Waals surface area contributed by atoms with Crippen molar-refractivity contribution in [3.05, 3.63) is 169 Å². The third-order valence-electron chi connectivity index (χ3n) is 9.86. The third kappa shape index (κ3) is 5.82. The van der Waals surface area contributed by atoms with Crippen LogP contribution in [0.5, 0.6) is 11.5 Å². The van der Waals surface area contributed by atoms with Gasteiger partial charge in [0.2, 0.25) is 5.95 Å². The SMILES string of the molecule is CC(C)(C)c1ccnc(-n2c3ccc(-c4ccccc4)cc3c3ccc(Oc4cccc(N5CN(Cc6ccccc6)c6ccccc65)c4)cc32)n1. The minimum Gasteiger partial charge on any atom is -0.457 e. The molecular weight excluding hydrogens is 639 g/mol. The van der Waals surface area contributed by atoms with Gasteiger partial charge in [0.25, 0.3) is 0 Å². The summed E-state index contributed by atoms with van der Waals surface area (Å²) in [6.07, 6.45) is 1.86. The maximum Gasteiger partial charge on any atom is 0.234 e. The fourth-order valence-electron chi connectivity index (χ4n) is 7.26. The smallest absolute Gasteiger partial charge is 0.234 e. The molecule has 6 aromatic carbocycles. The molecule has 2 aromatic heterocycles. The third-order valence-corrected chi connectivity index (χ3v) is 9.86. The number of benzene rings is 6. The molecule has 52 heavy (non-hydrogen) atoms. The molecule has 0 radical (unpaired) electrons. The van der Waals surface area contributed by atoms with Crippen LogP contribution in [0.15, 0.2) is 158 Å². The zero-order chi connectivity index (χ0) is 35.2. The standard InChI is InChI=1S/C46H39N5O/c1-46(2,3)44-25-26-47-45(48-44)51-40-24-21-34(33-15-8-5-9-16-33)27-39(40)38-23-22-37(29-43(38)51)52-36-18-12-17-35(28-36)50-31-49(30-32-13-6-4-7-14-32)41-19-10-11-20-42(41)50/h4-29H,30-31H2,1-3H3. The molecule has 0 spiro atoms. The van der Waals surface area contributed by atoms with E-state index < -0.39 is 0 Å². The Kier molecular flexibility index (Phi) is 7.73. The monoisotopic (exact) mass is 677 g/mol. The van der Waals surface area contributed by atoms with Crippen LogP contribution >= 0.6 is 0 Å². The van der Waals surface area contributed by atoms with E-state index in [2.05, 4.69) is 175 Å². The van der Waals surface area contributed by atoms with Crippen molar-refractivity contribution in [1.82, 2.24) is 14.5 Å². The first-order valence-electron chi connectivity index (χ1n) is 17.8. The average molecular weight is 678 g/mol. The van der Waals surface area contributed by atoms with Gasteiger partial charge in [0.05, 0.1) is 34.8 Å². The molecule has 0 atom stereocenters. The van der Waals surface area contributed by atoms with Crippen molar-refractivity contribution in [2.45, 2.75) is 32.7 Å². The molecule has 6 heteroatoms. The Hall–Kier alpha value is -6.40. The van der Waals surface area contributed by atoms with Gasteiger partial charge in [-0.25, -0.2) is 9.97 Å². The highest BCUT2D eigenvalue weighted by Gasteiger charge is 2.27. The molecule has 0 saturated carbocycles. The number of fused-ring (bicyclic) bond motifs is 4. The normalized spacial score (nSPS) is 12.8. The van der Waals surface area contributed by atoms with Crippen LogP contribution in [0, 0.1) is 0 Å². The topological polar surface area (TPSA) is 46.4 Å². The van der Waals surface area contributed by atoms with Gasteiger partial charge in [-0.05, 0) is 71.3 Å². The van der Waals surface area contributed by atoms with Crippen LogP contribution in [0.1, 0.15) is 32.0 Å². The van der Waals surface area contributed by atoms with E-state index in [1.807, 2.05) is 18.3 Å². The van der Waals surface area contributed by atoms with Crippen molar-refractivity contribution in [3.63, 3.8) is 0 Å². The quantitative estimate of drug-likeness (QED) is 0.168. The minimum absolute atomic E-state index is 0.120. The molecule has 0 aliphatic carbocycles. The maximum atomic E-state index is 6.66. The summed E-state index contributed by atoms with van der Waals surface area (Å²) in [4.78, 5) is 14.7. The van der Waals surface area contributed by atoms with Crippen LogP contribution in [0.2, 0.25) is 0 Å². The molecular formula is C46H39N5O. The van der Waals surface area contributed by atoms with Gasteiger partial charge in [0, 0.05) is 46.7 Å². The van der Waals surface area contributed by atoms with Crippen LogP contribution < -0.4 is 14.5 Å². The summed E-state index contributed by atoms with van der Waals surface area (Å²) in [5.74, 6) is 2.17. The summed E-state index contributed by atoms with van der Waals surface area (Å²) in [5, 5.41) is 2.26. The molecule has 254 valence electrons. The largest absolute Gasteiger partial charge is 0.457 e. The second-order valence-electron chi connectivity index (χ2n) is 14.4. The van der Waals surface area contributed by atoms with Gasteiger partial charge in [0.15, 0.2) is 0 Å². The summed E-state index contributed by atoms with van der Waals surface area (Å²) >= 11 is 0. The Balaban J connectivity index is 1.10. The maximum absolute atomic E-state index is 6.66. The van der Waals surface area contributed by atoms with Crippen LogP contribution in [0.25, 0.3) is 38.9 Å². The molecule has 9 rings (SSSR count). The number of nitrogens with zero attached hydrogens (tertiary/aromatic N) is 5. The number of anilines is 3. The summed E-state index contributed by atoms with van der Waals surface area (Å²) in [7, 11) is 0. The van der Waals surface area contributed by atoms with E-state index in [1.54, 1.807) is 0 Å². The lowest BCUT2D eigenvalue weighted by molar-refractivity contribution is 0.483. The van der Waals surface area contributed by atoms with Crippen molar-refractivity contribution in [2.75, 3.05) is 16.5 Å². The fraction of sp³-hybridized carbons (Fsp3) is 0.130. The molecule has 8 aromatic rings. The summed E-state index contributed by atoms with van der Waals surface area (Å²) < 4.78 is 8.83. The molecule has 1 aliphatic rings. The average Bonchev–Trinajstić information content (AvgIpc) is 3.70. The molecule has 6 nitrogen and oxygen atoms in total. The van der Waals surface area contributed by atoms with Crippen molar-refractivity contribution >= 4 is 38.9 Å². The van der Waals surface area contributed by atoms with E-state index in [9.17, 15) is 0 Å². The van der Waals surface area contributed by atoms with Gasteiger partial charge < -0.3 is 14.5 Å². The predicted molar refractivity (Wildman–Crippen MR) is 213 cm³/mol. The van der Waals surface area contributed by atoms with Crippen LogP contribution in [0.4, 0.5) is 17.1 Å². The number of hydrogen-bond acceptors (Lipinski definition) is 5. The molecule has 0 unspecified atom stereocenters. The predicted octanol–water partition coefficient (Wildman–Crippen LogP) is 11.4. The van der Waals surface area contributed by atoms with E-state index in [-0.39, 0.29) is 5.41 Å². The highest BCUT2D eigenvalue weighted by atomic mass is 16.5. The number of rotatable bonds is 7. The van der Waals surface area contributed by atoms with Crippen LogP contribution in [-0.4, -0.2) is 21.2 Å².